The molecule has 0 radical (unpaired) electrons. The Hall–Kier alpha value is -1.77. The molecule has 0 amide bonds. The van der Waals surface area contributed by atoms with Gasteiger partial charge in [0.15, 0.2) is 0 Å². The molecule has 0 saturated heterocycles. The van der Waals surface area contributed by atoms with Crippen LogP contribution in [0.2, 0.25) is 0 Å². The second-order valence-corrected chi connectivity index (χ2v) is 5.71. The van der Waals surface area contributed by atoms with Gasteiger partial charge in [0.1, 0.15) is 11.6 Å². The summed E-state index contributed by atoms with van der Waals surface area (Å²) in [5, 5.41) is 0. The van der Waals surface area contributed by atoms with Gasteiger partial charge in [-0.1, -0.05) is 51.1 Å². The molecule has 0 unspecified atom stereocenters. The van der Waals surface area contributed by atoms with Crippen LogP contribution in [0.1, 0.15) is 37.9 Å². The van der Waals surface area contributed by atoms with Gasteiger partial charge in [-0.05, 0) is 12.5 Å². The molecule has 0 spiro atoms. The third-order valence-corrected chi connectivity index (χ3v) is 3.09. The fraction of sp³-hybridized carbons (Fsp3) is 0.400. The van der Waals surface area contributed by atoms with E-state index in [-0.39, 0.29) is 5.41 Å². The molecule has 0 atom stereocenters. The summed E-state index contributed by atoms with van der Waals surface area (Å²) in [7, 11) is 0. The van der Waals surface area contributed by atoms with Crippen molar-refractivity contribution in [3.63, 3.8) is 0 Å². The molecule has 3 heteroatoms. The van der Waals surface area contributed by atoms with Crippen molar-refractivity contribution in [3.8, 4) is 0 Å². The second-order valence-electron chi connectivity index (χ2n) is 5.71. The lowest BCUT2D eigenvalue weighted by Crippen LogP contribution is -2.15. The first kappa shape index (κ1) is 12.7. The number of aromatic nitrogens is 2. The molecule has 96 valence electrons. The molecule has 18 heavy (non-hydrogen) atoms. The minimum atomic E-state index is -0.0171. The van der Waals surface area contributed by atoms with E-state index in [0.717, 1.165) is 23.9 Å². The van der Waals surface area contributed by atoms with Crippen molar-refractivity contribution in [1.29, 1.82) is 0 Å². The third kappa shape index (κ3) is 2.40. The molecule has 2 N–H and O–H groups in total. The first-order valence-electron chi connectivity index (χ1n) is 6.26. The molecular weight excluding hydrogens is 222 g/mol. The zero-order valence-corrected chi connectivity index (χ0v) is 11.6. The van der Waals surface area contributed by atoms with E-state index < -0.39 is 0 Å². The fourth-order valence-electron chi connectivity index (χ4n) is 2.10. The van der Waals surface area contributed by atoms with E-state index in [1.54, 1.807) is 0 Å². The number of nitrogens with zero attached hydrogens (tertiary/aromatic N) is 2. The molecule has 1 heterocycles. The van der Waals surface area contributed by atoms with Crippen LogP contribution in [0.3, 0.4) is 0 Å². The summed E-state index contributed by atoms with van der Waals surface area (Å²) in [6.07, 6.45) is 0. The Morgan fingerprint density at radius 1 is 1.17 bits per heavy atom. The van der Waals surface area contributed by atoms with Crippen LogP contribution in [0.25, 0.3) is 0 Å². The third-order valence-electron chi connectivity index (χ3n) is 3.09. The standard InChI is InChI=1S/C15H21N3/c1-11-17-13(15(2,3)4)14(16)18(11)10-12-8-6-5-7-9-12/h5-9H,10,16H2,1-4H3. The number of nitrogens with two attached hydrogens (primary N) is 1. The number of anilines is 1. The van der Waals surface area contributed by atoms with Crippen molar-refractivity contribution in [1.82, 2.24) is 9.55 Å². The van der Waals surface area contributed by atoms with Crippen LogP contribution in [0, 0.1) is 6.92 Å². The van der Waals surface area contributed by atoms with Gasteiger partial charge in [0.25, 0.3) is 0 Å². The lowest BCUT2D eigenvalue weighted by atomic mass is 9.92. The molecule has 2 rings (SSSR count). The number of rotatable bonds is 2. The second kappa shape index (κ2) is 4.48. The van der Waals surface area contributed by atoms with Gasteiger partial charge in [-0.3, -0.25) is 0 Å². The fourth-order valence-corrected chi connectivity index (χ4v) is 2.10. The Kier molecular flexibility index (Phi) is 3.16. The van der Waals surface area contributed by atoms with Crippen LogP contribution in [-0.4, -0.2) is 9.55 Å². The van der Waals surface area contributed by atoms with Crippen LogP contribution in [-0.2, 0) is 12.0 Å². The number of benzene rings is 1. The zero-order chi connectivity index (χ0) is 13.3. The van der Waals surface area contributed by atoms with Gasteiger partial charge in [0.05, 0.1) is 12.2 Å². The van der Waals surface area contributed by atoms with Crippen molar-refractivity contribution in [2.45, 2.75) is 39.7 Å². The summed E-state index contributed by atoms with van der Waals surface area (Å²) in [5.41, 5.74) is 8.44. The summed E-state index contributed by atoms with van der Waals surface area (Å²) in [6, 6.07) is 10.3. The molecule has 3 nitrogen and oxygen atoms in total. The molecule has 0 aliphatic rings. The van der Waals surface area contributed by atoms with E-state index in [0.29, 0.717) is 0 Å². The molecule has 1 aromatic heterocycles. The Morgan fingerprint density at radius 3 is 2.28 bits per heavy atom. The smallest absolute Gasteiger partial charge is 0.127 e. The summed E-state index contributed by atoms with van der Waals surface area (Å²) in [5.74, 6) is 1.75. The first-order valence-corrected chi connectivity index (χ1v) is 6.26. The van der Waals surface area contributed by atoms with Crippen molar-refractivity contribution in [2.75, 3.05) is 5.73 Å². The van der Waals surface area contributed by atoms with Crippen LogP contribution in [0.5, 0.6) is 0 Å². The summed E-state index contributed by atoms with van der Waals surface area (Å²) in [4.78, 5) is 4.62. The number of hydrogen-bond donors (Lipinski definition) is 1. The summed E-state index contributed by atoms with van der Waals surface area (Å²) >= 11 is 0. The molecule has 1 aromatic carbocycles. The van der Waals surface area contributed by atoms with Gasteiger partial charge >= 0.3 is 0 Å². The minimum Gasteiger partial charge on any atom is -0.384 e. The van der Waals surface area contributed by atoms with Crippen LogP contribution >= 0.6 is 0 Å². The molecule has 0 saturated carbocycles. The average Bonchev–Trinajstić information content (AvgIpc) is 2.58. The van der Waals surface area contributed by atoms with E-state index >= 15 is 0 Å². The first-order chi connectivity index (χ1) is 8.39. The highest BCUT2D eigenvalue weighted by atomic mass is 15.1. The molecule has 0 aliphatic heterocycles. The monoisotopic (exact) mass is 243 g/mol. The van der Waals surface area contributed by atoms with Crippen LogP contribution in [0.4, 0.5) is 5.82 Å². The number of aryl methyl sites for hydroxylation is 1. The van der Waals surface area contributed by atoms with Gasteiger partial charge in [0, 0.05) is 5.41 Å². The topological polar surface area (TPSA) is 43.8 Å². The predicted octanol–water partition coefficient (Wildman–Crippen LogP) is 3.12. The Labute approximate surface area is 109 Å². The van der Waals surface area contributed by atoms with E-state index in [4.69, 9.17) is 5.73 Å². The maximum atomic E-state index is 6.24. The Balaban J connectivity index is 2.38. The van der Waals surface area contributed by atoms with E-state index in [2.05, 4.69) is 42.5 Å². The normalized spacial score (nSPS) is 11.8. The van der Waals surface area contributed by atoms with Gasteiger partial charge in [-0.2, -0.15) is 0 Å². The molecule has 0 bridgehead atoms. The Bertz CT molecular complexity index is 533. The number of imidazole rings is 1. The summed E-state index contributed by atoms with van der Waals surface area (Å²) < 4.78 is 2.08. The Morgan fingerprint density at radius 2 is 1.78 bits per heavy atom. The lowest BCUT2D eigenvalue weighted by molar-refractivity contribution is 0.573. The molecule has 0 fully saturated rings. The van der Waals surface area contributed by atoms with Gasteiger partial charge < -0.3 is 10.3 Å². The SMILES string of the molecule is Cc1nc(C(C)(C)C)c(N)n1Cc1ccccc1. The molecule has 0 aliphatic carbocycles. The van der Waals surface area contributed by atoms with Crippen LogP contribution < -0.4 is 5.73 Å². The maximum Gasteiger partial charge on any atom is 0.127 e. The predicted molar refractivity (Wildman–Crippen MR) is 75.6 cm³/mol. The quantitative estimate of drug-likeness (QED) is 0.880. The van der Waals surface area contributed by atoms with Gasteiger partial charge in [0.2, 0.25) is 0 Å². The van der Waals surface area contributed by atoms with E-state index in [1.807, 2.05) is 25.1 Å². The van der Waals surface area contributed by atoms with Crippen molar-refractivity contribution >= 4 is 5.82 Å². The van der Waals surface area contributed by atoms with Gasteiger partial charge in [-0.25, -0.2) is 4.98 Å². The minimum absolute atomic E-state index is 0.0171. The largest absolute Gasteiger partial charge is 0.384 e. The highest BCUT2D eigenvalue weighted by molar-refractivity contribution is 5.43. The van der Waals surface area contributed by atoms with Gasteiger partial charge in [-0.15, -0.1) is 0 Å². The van der Waals surface area contributed by atoms with Crippen LogP contribution in [0.15, 0.2) is 30.3 Å². The molecular formula is C15H21N3. The van der Waals surface area contributed by atoms with Crippen molar-refractivity contribution in [2.24, 2.45) is 0 Å². The maximum absolute atomic E-state index is 6.24. The molecule has 2 aromatic rings. The van der Waals surface area contributed by atoms with Crippen molar-refractivity contribution in [3.05, 3.63) is 47.4 Å². The van der Waals surface area contributed by atoms with E-state index in [9.17, 15) is 0 Å². The van der Waals surface area contributed by atoms with E-state index in [1.165, 1.54) is 5.56 Å². The highest BCUT2D eigenvalue weighted by Crippen LogP contribution is 2.28. The zero-order valence-electron chi connectivity index (χ0n) is 11.6. The summed E-state index contributed by atoms with van der Waals surface area (Å²) in [6.45, 7) is 9.20. The average molecular weight is 243 g/mol. The highest BCUT2D eigenvalue weighted by Gasteiger charge is 2.23. The lowest BCUT2D eigenvalue weighted by Gasteiger charge is -2.16. The number of hydrogen-bond acceptors (Lipinski definition) is 2. The van der Waals surface area contributed by atoms with Crippen molar-refractivity contribution < 1.29 is 0 Å². The number of nitrogen functional groups attached to an aromatic ring is 1.